The fourth-order valence-corrected chi connectivity index (χ4v) is 7.42. The Hall–Kier alpha value is -2.33. The fourth-order valence-electron chi connectivity index (χ4n) is 4.69. The molecular weight excluding hydrogens is 470 g/mol. The van der Waals surface area contributed by atoms with Crippen LogP contribution in [0.4, 0.5) is 5.13 Å². The lowest BCUT2D eigenvalue weighted by Gasteiger charge is -2.29. The molecule has 0 aliphatic carbocycles. The summed E-state index contributed by atoms with van der Waals surface area (Å²) >= 11 is 1.47. The van der Waals surface area contributed by atoms with Crippen molar-refractivity contribution in [3.63, 3.8) is 0 Å². The second-order valence-electron chi connectivity index (χ2n) is 9.14. The van der Waals surface area contributed by atoms with E-state index in [1.54, 1.807) is 29.2 Å². The predicted octanol–water partition coefficient (Wildman–Crippen LogP) is 4.28. The number of aromatic nitrogens is 1. The summed E-state index contributed by atoms with van der Waals surface area (Å²) in [6.07, 6.45) is 2.92. The number of anilines is 1. The molecule has 3 heterocycles. The monoisotopic (exact) mass is 499 g/mol. The molecule has 2 aliphatic rings. The number of fused-ring (bicyclic) bond motifs is 1. The Bertz CT molecular complexity index is 1300. The van der Waals surface area contributed by atoms with E-state index >= 15 is 0 Å². The summed E-state index contributed by atoms with van der Waals surface area (Å²) < 4.78 is 35.1. The average Bonchev–Trinajstić information content (AvgIpc) is 3.57. The second kappa shape index (κ2) is 9.37. The SMILES string of the molecule is Cc1ccc(S(=O)(=O)N2CCCC2C(=O)N(CC2CCCO2)c2nc3ccc(C)cc3s2)cc1. The van der Waals surface area contributed by atoms with Gasteiger partial charge in [0.25, 0.3) is 0 Å². The number of aryl methyl sites for hydroxylation is 2. The Kier molecular flexibility index (Phi) is 6.45. The Labute approximate surface area is 204 Å². The Morgan fingerprint density at radius 1 is 1.12 bits per heavy atom. The van der Waals surface area contributed by atoms with E-state index in [1.807, 2.05) is 26.0 Å². The quantitative estimate of drug-likeness (QED) is 0.506. The maximum atomic E-state index is 14.0. The average molecular weight is 500 g/mol. The van der Waals surface area contributed by atoms with Gasteiger partial charge in [-0.05, 0) is 69.4 Å². The number of sulfonamides is 1. The molecule has 0 radical (unpaired) electrons. The van der Waals surface area contributed by atoms with Crippen LogP contribution in [-0.4, -0.2) is 55.5 Å². The van der Waals surface area contributed by atoms with Gasteiger partial charge in [0.1, 0.15) is 6.04 Å². The number of hydrogen-bond donors (Lipinski definition) is 0. The molecule has 7 nitrogen and oxygen atoms in total. The van der Waals surface area contributed by atoms with Gasteiger partial charge in [0.2, 0.25) is 15.9 Å². The van der Waals surface area contributed by atoms with E-state index in [0.29, 0.717) is 37.7 Å². The highest BCUT2D eigenvalue weighted by Gasteiger charge is 2.42. The second-order valence-corrected chi connectivity index (χ2v) is 12.0. The highest BCUT2D eigenvalue weighted by molar-refractivity contribution is 7.89. The van der Waals surface area contributed by atoms with E-state index in [2.05, 4.69) is 6.07 Å². The van der Waals surface area contributed by atoms with Crippen molar-refractivity contribution >= 4 is 42.6 Å². The van der Waals surface area contributed by atoms with E-state index in [0.717, 1.165) is 34.2 Å². The number of carbonyl (C=O) groups excluding carboxylic acids is 1. The summed E-state index contributed by atoms with van der Waals surface area (Å²) in [5, 5.41) is 0.598. The first-order chi connectivity index (χ1) is 16.3. The lowest BCUT2D eigenvalue weighted by atomic mass is 10.2. The third-order valence-corrected chi connectivity index (χ3v) is 9.52. The van der Waals surface area contributed by atoms with Crippen molar-refractivity contribution < 1.29 is 17.9 Å². The first kappa shape index (κ1) is 23.4. The molecule has 0 bridgehead atoms. The van der Waals surface area contributed by atoms with Crippen molar-refractivity contribution in [2.75, 3.05) is 24.6 Å². The van der Waals surface area contributed by atoms with Crippen LogP contribution in [0.1, 0.15) is 36.8 Å². The minimum absolute atomic E-state index is 0.0683. The molecule has 2 saturated heterocycles. The molecule has 0 N–H and O–H groups in total. The van der Waals surface area contributed by atoms with E-state index in [9.17, 15) is 13.2 Å². The van der Waals surface area contributed by atoms with Crippen LogP contribution in [0.2, 0.25) is 0 Å². The molecule has 1 aromatic heterocycles. The van der Waals surface area contributed by atoms with Gasteiger partial charge in [-0.25, -0.2) is 13.4 Å². The zero-order valence-electron chi connectivity index (χ0n) is 19.4. The van der Waals surface area contributed by atoms with E-state index in [-0.39, 0.29) is 16.9 Å². The van der Waals surface area contributed by atoms with Crippen molar-refractivity contribution in [1.82, 2.24) is 9.29 Å². The summed E-state index contributed by atoms with van der Waals surface area (Å²) in [5.41, 5.74) is 2.96. The summed E-state index contributed by atoms with van der Waals surface area (Å²) in [6.45, 7) is 5.34. The van der Waals surface area contributed by atoms with Crippen LogP contribution in [0.3, 0.4) is 0 Å². The van der Waals surface area contributed by atoms with Crippen LogP contribution in [0, 0.1) is 13.8 Å². The Morgan fingerprint density at radius 3 is 2.62 bits per heavy atom. The standard InChI is InChI=1S/C25H29N3O4S2/c1-17-7-10-20(11-8-17)34(30,31)28-13-3-6-22(28)24(29)27(16-19-5-4-14-32-19)25-26-21-12-9-18(2)15-23(21)33-25/h7-12,15,19,22H,3-6,13-14,16H2,1-2H3. The normalized spacial score (nSPS) is 21.4. The van der Waals surface area contributed by atoms with E-state index in [1.165, 1.54) is 15.6 Å². The largest absolute Gasteiger partial charge is 0.376 e. The van der Waals surface area contributed by atoms with Crippen molar-refractivity contribution in [1.29, 1.82) is 0 Å². The fraction of sp³-hybridized carbons (Fsp3) is 0.440. The maximum absolute atomic E-state index is 14.0. The molecule has 3 aromatic rings. The van der Waals surface area contributed by atoms with Gasteiger partial charge < -0.3 is 4.74 Å². The lowest BCUT2D eigenvalue weighted by Crippen LogP contribution is -2.49. The summed E-state index contributed by atoms with van der Waals surface area (Å²) in [7, 11) is -3.79. The topological polar surface area (TPSA) is 79.8 Å². The van der Waals surface area contributed by atoms with Crippen molar-refractivity contribution in [2.24, 2.45) is 0 Å². The Morgan fingerprint density at radius 2 is 1.88 bits per heavy atom. The van der Waals surface area contributed by atoms with Crippen LogP contribution in [0.5, 0.6) is 0 Å². The number of hydrogen-bond acceptors (Lipinski definition) is 6. The maximum Gasteiger partial charge on any atom is 0.247 e. The van der Waals surface area contributed by atoms with Crippen molar-refractivity contribution in [3.05, 3.63) is 53.6 Å². The highest BCUT2D eigenvalue weighted by atomic mass is 32.2. The van der Waals surface area contributed by atoms with Gasteiger partial charge in [-0.15, -0.1) is 0 Å². The van der Waals surface area contributed by atoms with Gasteiger partial charge in [0, 0.05) is 13.2 Å². The summed E-state index contributed by atoms with van der Waals surface area (Å²) in [4.78, 5) is 20.6. The molecule has 2 atom stereocenters. The zero-order valence-corrected chi connectivity index (χ0v) is 21.1. The molecule has 1 amide bonds. The summed E-state index contributed by atoms with van der Waals surface area (Å²) in [5.74, 6) is -0.223. The van der Waals surface area contributed by atoms with Gasteiger partial charge in [-0.2, -0.15) is 4.31 Å². The molecule has 2 aliphatic heterocycles. The lowest BCUT2D eigenvalue weighted by molar-refractivity contribution is -0.122. The number of nitrogens with zero attached hydrogens (tertiary/aromatic N) is 3. The molecule has 180 valence electrons. The number of ether oxygens (including phenoxy) is 1. The molecule has 34 heavy (non-hydrogen) atoms. The molecule has 0 spiro atoms. The van der Waals surface area contributed by atoms with Crippen LogP contribution in [0.25, 0.3) is 10.2 Å². The van der Waals surface area contributed by atoms with Gasteiger partial charge >= 0.3 is 0 Å². The van der Waals surface area contributed by atoms with Gasteiger partial charge in [-0.3, -0.25) is 9.69 Å². The molecule has 9 heteroatoms. The third-order valence-electron chi connectivity index (χ3n) is 6.56. The predicted molar refractivity (Wildman–Crippen MR) is 134 cm³/mol. The molecular formula is C25H29N3O4S2. The zero-order chi connectivity index (χ0) is 23.9. The molecule has 0 saturated carbocycles. The number of carbonyl (C=O) groups is 1. The minimum atomic E-state index is -3.79. The van der Waals surface area contributed by atoms with Crippen LogP contribution in [0.15, 0.2) is 47.4 Å². The van der Waals surface area contributed by atoms with Crippen molar-refractivity contribution in [3.8, 4) is 0 Å². The smallest absolute Gasteiger partial charge is 0.247 e. The highest BCUT2D eigenvalue weighted by Crippen LogP contribution is 2.34. The molecule has 5 rings (SSSR count). The number of rotatable bonds is 6. The van der Waals surface area contributed by atoms with E-state index in [4.69, 9.17) is 9.72 Å². The number of benzene rings is 2. The molecule has 2 unspecified atom stereocenters. The minimum Gasteiger partial charge on any atom is -0.376 e. The Balaban J connectivity index is 1.48. The van der Waals surface area contributed by atoms with Gasteiger partial charge in [0.05, 0.1) is 27.8 Å². The molecule has 2 aromatic carbocycles. The summed E-state index contributed by atoms with van der Waals surface area (Å²) in [6, 6.07) is 12.1. The first-order valence-electron chi connectivity index (χ1n) is 11.7. The van der Waals surface area contributed by atoms with Gasteiger partial charge in [0.15, 0.2) is 5.13 Å². The van der Waals surface area contributed by atoms with Gasteiger partial charge in [-0.1, -0.05) is 35.1 Å². The number of amides is 1. The van der Waals surface area contributed by atoms with Crippen LogP contribution >= 0.6 is 11.3 Å². The van der Waals surface area contributed by atoms with Crippen molar-refractivity contribution in [2.45, 2.75) is 56.6 Å². The first-order valence-corrected chi connectivity index (χ1v) is 14.0. The van der Waals surface area contributed by atoms with Crippen LogP contribution in [-0.2, 0) is 19.6 Å². The third kappa shape index (κ3) is 4.49. The molecule has 2 fully saturated rings. The van der Waals surface area contributed by atoms with E-state index < -0.39 is 16.1 Å². The number of thiazole rings is 1. The van der Waals surface area contributed by atoms with Crippen LogP contribution < -0.4 is 4.90 Å².